The Morgan fingerprint density at radius 3 is 2.47 bits per heavy atom. The van der Waals surface area contributed by atoms with E-state index in [1.54, 1.807) is 0 Å². The molecule has 1 heterocycles. The molecule has 2 rings (SSSR count). The quantitative estimate of drug-likeness (QED) is 0.766. The van der Waals surface area contributed by atoms with E-state index in [9.17, 15) is 0 Å². The molecule has 0 spiro atoms. The monoisotopic (exact) mass is 212 g/mol. The van der Waals surface area contributed by atoms with Crippen LogP contribution >= 0.6 is 0 Å². The first-order valence-corrected chi connectivity index (χ1v) is 6.38. The first-order chi connectivity index (χ1) is 7.34. The lowest BCUT2D eigenvalue weighted by atomic mass is 9.87. The summed E-state index contributed by atoms with van der Waals surface area (Å²) >= 11 is 0. The van der Waals surface area contributed by atoms with E-state index in [0.717, 1.165) is 44.9 Å². The number of rotatable bonds is 3. The molecule has 0 aromatic heterocycles. The van der Waals surface area contributed by atoms with Crippen molar-refractivity contribution in [1.82, 2.24) is 10.2 Å². The highest BCUT2D eigenvalue weighted by Gasteiger charge is 2.18. The minimum atomic E-state index is 0.768. The third kappa shape index (κ3) is 3.74. The lowest BCUT2D eigenvalue weighted by Crippen LogP contribution is -2.45. The Balaban J connectivity index is 1.60. The lowest BCUT2D eigenvalue weighted by molar-refractivity contribution is 0.0315. The van der Waals surface area contributed by atoms with Crippen molar-refractivity contribution in [3.8, 4) is 0 Å². The summed E-state index contributed by atoms with van der Waals surface area (Å²) in [5, 5.41) is 3.68. The summed E-state index contributed by atoms with van der Waals surface area (Å²) in [6.45, 7) is 7.43. The molecule has 0 aromatic rings. The van der Waals surface area contributed by atoms with Crippen LogP contribution in [0.1, 0.15) is 32.6 Å². The Kier molecular flexibility index (Phi) is 4.42. The summed E-state index contributed by atoms with van der Waals surface area (Å²) in [5.74, 6) is 0.950. The van der Waals surface area contributed by atoms with Gasteiger partial charge in [-0.15, -0.1) is 0 Å². The fourth-order valence-corrected chi connectivity index (χ4v) is 2.48. The topological polar surface area (TPSA) is 24.5 Å². The van der Waals surface area contributed by atoms with Gasteiger partial charge in [-0.05, 0) is 31.6 Å². The number of nitrogens with one attached hydrogen (secondary N) is 1. The molecule has 1 saturated heterocycles. The number of hydrogen-bond donors (Lipinski definition) is 1. The van der Waals surface area contributed by atoms with Crippen LogP contribution in [0, 0.1) is 5.92 Å². The highest BCUT2D eigenvalue weighted by Crippen LogP contribution is 2.23. The number of ether oxygens (including phenoxy) is 1. The fourth-order valence-electron chi connectivity index (χ4n) is 2.48. The second kappa shape index (κ2) is 5.83. The SMILES string of the molecule is CC1CCC(NCN2CCOCC2)CC1. The second-order valence-corrected chi connectivity index (χ2v) is 5.05. The van der Waals surface area contributed by atoms with E-state index in [0.29, 0.717) is 0 Å². The molecule has 0 aromatic carbocycles. The minimum Gasteiger partial charge on any atom is -0.379 e. The van der Waals surface area contributed by atoms with E-state index in [-0.39, 0.29) is 0 Å². The van der Waals surface area contributed by atoms with E-state index in [4.69, 9.17) is 4.74 Å². The molecule has 0 atom stereocenters. The Labute approximate surface area is 93.2 Å². The van der Waals surface area contributed by atoms with E-state index in [2.05, 4.69) is 17.1 Å². The predicted molar refractivity (Wildman–Crippen MR) is 61.8 cm³/mol. The van der Waals surface area contributed by atoms with E-state index >= 15 is 0 Å². The average Bonchev–Trinajstić information content (AvgIpc) is 2.30. The summed E-state index contributed by atoms with van der Waals surface area (Å²) < 4.78 is 5.34. The van der Waals surface area contributed by atoms with Gasteiger partial charge in [0.2, 0.25) is 0 Å². The second-order valence-electron chi connectivity index (χ2n) is 5.05. The maximum Gasteiger partial charge on any atom is 0.0594 e. The van der Waals surface area contributed by atoms with Gasteiger partial charge in [0.25, 0.3) is 0 Å². The fraction of sp³-hybridized carbons (Fsp3) is 1.00. The molecule has 15 heavy (non-hydrogen) atoms. The minimum absolute atomic E-state index is 0.768. The largest absolute Gasteiger partial charge is 0.379 e. The van der Waals surface area contributed by atoms with Crippen LogP contribution in [0.15, 0.2) is 0 Å². The molecule has 88 valence electrons. The van der Waals surface area contributed by atoms with Crippen molar-refractivity contribution in [2.75, 3.05) is 33.0 Å². The Morgan fingerprint density at radius 1 is 1.13 bits per heavy atom. The van der Waals surface area contributed by atoms with Crippen LogP contribution in [-0.2, 0) is 4.74 Å². The first-order valence-electron chi connectivity index (χ1n) is 6.38. The molecular formula is C12H24N2O. The van der Waals surface area contributed by atoms with Crippen molar-refractivity contribution < 1.29 is 4.74 Å². The highest BCUT2D eigenvalue weighted by molar-refractivity contribution is 4.75. The van der Waals surface area contributed by atoms with Gasteiger partial charge in [-0.3, -0.25) is 4.90 Å². The molecule has 3 nitrogen and oxygen atoms in total. The van der Waals surface area contributed by atoms with Gasteiger partial charge in [0.15, 0.2) is 0 Å². The molecule has 1 aliphatic heterocycles. The van der Waals surface area contributed by atoms with Gasteiger partial charge in [-0.2, -0.15) is 0 Å². The molecule has 0 radical (unpaired) electrons. The Hall–Kier alpha value is -0.120. The van der Waals surface area contributed by atoms with Gasteiger partial charge in [0.1, 0.15) is 0 Å². The average molecular weight is 212 g/mol. The predicted octanol–water partition coefficient (Wildman–Crippen LogP) is 1.44. The Bertz CT molecular complexity index is 172. The maximum atomic E-state index is 5.34. The molecule has 0 amide bonds. The molecule has 0 unspecified atom stereocenters. The van der Waals surface area contributed by atoms with Crippen molar-refractivity contribution in [1.29, 1.82) is 0 Å². The standard InChI is InChI=1S/C12H24N2O/c1-11-2-4-12(5-3-11)13-10-14-6-8-15-9-7-14/h11-13H,2-10H2,1H3. The zero-order valence-corrected chi connectivity index (χ0v) is 9.87. The van der Waals surface area contributed by atoms with Crippen LogP contribution in [0.4, 0.5) is 0 Å². The highest BCUT2D eigenvalue weighted by atomic mass is 16.5. The smallest absolute Gasteiger partial charge is 0.0594 e. The van der Waals surface area contributed by atoms with Crippen LogP contribution in [0.5, 0.6) is 0 Å². The van der Waals surface area contributed by atoms with Crippen molar-refractivity contribution >= 4 is 0 Å². The molecule has 1 N–H and O–H groups in total. The van der Waals surface area contributed by atoms with E-state index in [1.165, 1.54) is 25.7 Å². The van der Waals surface area contributed by atoms with Crippen molar-refractivity contribution in [3.63, 3.8) is 0 Å². The number of morpholine rings is 1. The van der Waals surface area contributed by atoms with E-state index in [1.807, 2.05) is 0 Å². The molecule has 0 bridgehead atoms. The van der Waals surface area contributed by atoms with E-state index < -0.39 is 0 Å². The van der Waals surface area contributed by atoms with Gasteiger partial charge in [-0.1, -0.05) is 6.92 Å². The molecule has 2 aliphatic rings. The van der Waals surface area contributed by atoms with Gasteiger partial charge in [0.05, 0.1) is 13.2 Å². The third-order valence-corrected chi connectivity index (χ3v) is 3.72. The molecule has 1 aliphatic carbocycles. The summed E-state index contributed by atoms with van der Waals surface area (Å²) in [4.78, 5) is 2.46. The van der Waals surface area contributed by atoms with Crippen LogP contribution in [0.25, 0.3) is 0 Å². The zero-order valence-electron chi connectivity index (χ0n) is 9.87. The first kappa shape index (κ1) is 11.4. The summed E-state index contributed by atoms with van der Waals surface area (Å²) in [7, 11) is 0. The molecule has 3 heteroatoms. The molecule has 1 saturated carbocycles. The summed E-state index contributed by atoms with van der Waals surface area (Å²) in [5.41, 5.74) is 0. The van der Waals surface area contributed by atoms with Crippen molar-refractivity contribution in [2.24, 2.45) is 5.92 Å². The normalized spacial score (nSPS) is 34.2. The van der Waals surface area contributed by atoms with Gasteiger partial charge < -0.3 is 10.1 Å². The number of hydrogen-bond acceptors (Lipinski definition) is 3. The van der Waals surface area contributed by atoms with Crippen molar-refractivity contribution in [3.05, 3.63) is 0 Å². The van der Waals surface area contributed by atoms with Crippen LogP contribution in [0.3, 0.4) is 0 Å². The summed E-state index contributed by atoms with van der Waals surface area (Å²) in [6, 6.07) is 0.768. The molecular weight excluding hydrogens is 188 g/mol. The van der Waals surface area contributed by atoms with Gasteiger partial charge >= 0.3 is 0 Å². The van der Waals surface area contributed by atoms with Crippen LogP contribution in [0.2, 0.25) is 0 Å². The molecule has 2 fully saturated rings. The zero-order chi connectivity index (χ0) is 10.5. The maximum absolute atomic E-state index is 5.34. The third-order valence-electron chi connectivity index (χ3n) is 3.72. The number of nitrogens with zero attached hydrogens (tertiary/aromatic N) is 1. The van der Waals surface area contributed by atoms with Crippen LogP contribution in [-0.4, -0.2) is 43.9 Å². The van der Waals surface area contributed by atoms with Crippen molar-refractivity contribution in [2.45, 2.75) is 38.6 Å². The summed E-state index contributed by atoms with van der Waals surface area (Å²) in [6.07, 6.45) is 5.54. The van der Waals surface area contributed by atoms with Gasteiger partial charge in [-0.25, -0.2) is 0 Å². The van der Waals surface area contributed by atoms with Gasteiger partial charge in [0, 0.05) is 25.8 Å². The lowest BCUT2D eigenvalue weighted by Gasteiger charge is -2.31. The Morgan fingerprint density at radius 2 is 1.80 bits per heavy atom. The van der Waals surface area contributed by atoms with Crippen LogP contribution < -0.4 is 5.32 Å².